The van der Waals surface area contributed by atoms with E-state index in [2.05, 4.69) is 36.4 Å². The molecule has 0 aliphatic rings. The maximum Gasteiger partial charge on any atom is 0.245 e. The Bertz CT molecular complexity index is 683. The Labute approximate surface area is 100.0 Å². The van der Waals surface area contributed by atoms with Gasteiger partial charge in [0.05, 0.1) is 18.1 Å². The molecule has 0 spiro atoms. The molecule has 0 amide bonds. The standard InChI is InChI=1S/C14H13N3/c1-11-7-8-15-14(9-11)17-10-16(2)12-5-3-4-6-13(12)17/h3-9H,1-2H3. The van der Waals surface area contributed by atoms with Crippen LogP contribution in [0.4, 0.5) is 0 Å². The van der Waals surface area contributed by atoms with Crippen LogP contribution in [-0.2, 0) is 7.05 Å². The number of pyridine rings is 1. The number of hydrogen-bond acceptors (Lipinski definition) is 1. The number of benzene rings is 1. The van der Waals surface area contributed by atoms with Crippen LogP contribution in [-0.4, -0.2) is 9.55 Å². The molecule has 84 valence electrons. The lowest BCUT2D eigenvalue weighted by Crippen LogP contribution is -2.26. The molecule has 3 nitrogen and oxygen atoms in total. The second-order valence-corrected chi connectivity index (χ2v) is 4.17. The van der Waals surface area contributed by atoms with E-state index >= 15 is 0 Å². The second kappa shape index (κ2) is 3.70. The average Bonchev–Trinajstić information content (AvgIpc) is 2.68. The number of rotatable bonds is 1. The van der Waals surface area contributed by atoms with Crippen molar-refractivity contribution in [3.05, 3.63) is 54.5 Å². The normalized spacial score (nSPS) is 10.9. The van der Waals surface area contributed by atoms with Gasteiger partial charge in [0.25, 0.3) is 0 Å². The van der Waals surface area contributed by atoms with E-state index in [0.29, 0.717) is 0 Å². The molecule has 0 aliphatic heterocycles. The average molecular weight is 223 g/mol. The van der Waals surface area contributed by atoms with Gasteiger partial charge in [-0.2, -0.15) is 0 Å². The van der Waals surface area contributed by atoms with Crippen molar-refractivity contribution in [1.29, 1.82) is 0 Å². The first-order chi connectivity index (χ1) is 8.25. The summed E-state index contributed by atoms with van der Waals surface area (Å²) in [4.78, 5) is 4.39. The van der Waals surface area contributed by atoms with Crippen LogP contribution < -0.4 is 4.57 Å². The highest BCUT2D eigenvalue weighted by Gasteiger charge is 2.06. The molecule has 0 saturated heterocycles. The molecule has 3 aromatic rings. The first-order valence-corrected chi connectivity index (χ1v) is 5.57. The van der Waals surface area contributed by atoms with Crippen LogP contribution in [0.15, 0.2) is 42.6 Å². The molecule has 2 heterocycles. The Hall–Kier alpha value is -2.16. The van der Waals surface area contributed by atoms with E-state index in [-0.39, 0.29) is 0 Å². The van der Waals surface area contributed by atoms with Gasteiger partial charge >= 0.3 is 0 Å². The molecule has 2 aromatic heterocycles. The van der Waals surface area contributed by atoms with E-state index in [0.717, 1.165) is 16.9 Å². The highest BCUT2D eigenvalue weighted by Crippen LogP contribution is 2.14. The van der Waals surface area contributed by atoms with Crippen LogP contribution in [0.2, 0.25) is 0 Å². The first-order valence-electron chi connectivity index (χ1n) is 5.57. The molecule has 0 saturated carbocycles. The predicted octanol–water partition coefficient (Wildman–Crippen LogP) is 1.96. The molecule has 0 fully saturated rings. The highest BCUT2D eigenvalue weighted by atomic mass is 15.2. The Balaban J connectivity index is 2.31. The van der Waals surface area contributed by atoms with Crippen molar-refractivity contribution < 1.29 is 4.57 Å². The van der Waals surface area contributed by atoms with Gasteiger partial charge in [0.1, 0.15) is 5.82 Å². The molecule has 0 radical (unpaired) electrons. The van der Waals surface area contributed by atoms with Crippen LogP contribution in [0.5, 0.6) is 0 Å². The molecule has 3 heteroatoms. The summed E-state index contributed by atoms with van der Waals surface area (Å²) in [7, 11) is 1.99. The zero-order chi connectivity index (χ0) is 11.8. The fourth-order valence-electron chi connectivity index (χ4n) is 2.01. The number of fused-ring (bicyclic) bond motifs is 1. The number of imidazole rings is 1. The van der Waals surface area contributed by atoms with Crippen molar-refractivity contribution in [2.24, 2.45) is 7.05 Å². The monoisotopic (exact) mass is 223 g/mol. The van der Waals surface area contributed by atoms with E-state index in [9.17, 15) is 0 Å². The number of nitrogens with zero attached hydrogens (tertiary/aromatic N) is 3. The van der Waals surface area contributed by atoms with Crippen molar-refractivity contribution in [2.75, 3.05) is 0 Å². The van der Waals surface area contributed by atoms with Gasteiger partial charge in [-0.1, -0.05) is 29.8 Å². The summed E-state index contributed by atoms with van der Waals surface area (Å²) in [6.45, 7) is 2.07. The van der Waals surface area contributed by atoms with Crippen LogP contribution in [0.3, 0.4) is 0 Å². The summed E-state index contributed by atoms with van der Waals surface area (Å²) < 4.78 is 3.97. The van der Waals surface area contributed by atoms with E-state index < -0.39 is 0 Å². The number of hydrogen-bond donors (Lipinski definition) is 0. The van der Waals surface area contributed by atoms with Gasteiger partial charge in [-0.3, -0.25) is 4.98 Å². The largest absolute Gasteiger partial charge is 0.316 e. The molecule has 17 heavy (non-hydrogen) atoms. The van der Waals surface area contributed by atoms with Crippen molar-refractivity contribution >= 4 is 11.0 Å². The third kappa shape index (κ3) is 1.60. The third-order valence-electron chi connectivity index (χ3n) is 2.86. The second-order valence-electron chi connectivity index (χ2n) is 4.17. The Morgan fingerprint density at radius 3 is 2.88 bits per heavy atom. The molecule has 3 rings (SSSR count). The first kappa shape index (κ1) is 10.0. The van der Waals surface area contributed by atoms with Crippen molar-refractivity contribution in [3.8, 4) is 5.82 Å². The third-order valence-corrected chi connectivity index (χ3v) is 2.86. The molecule has 0 N–H and O–H groups in total. The van der Waals surface area contributed by atoms with Gasteiger partial charge < -0.3 is 9.13 Å². The van der Waals surface area contributed by atoms with E-state index in [1.807, 2.05) is 40.6 Å². The van der Waals surface area contributed by atoms with Crippen molar-refractivity contribution in [2.45, 2.75) is 6.92 Å². The SMILES string of the molecule is Cc1ccnc(-n2[c-][n+](C)c3ccccc32)c1. The molecular formula is C14H13N3. The fourth-order valence-corrected chi connectivity index (χ4v) is 2.01. The van der Waals surface area contributed by atoms with E-state index in [1.165, 1.54) is 5.56 Å². The number of para-hydroxylation sites is 2. The minimum Gasteiger partial charge on any atom is -0.316 e. The Morgan fingerprint density at radius 1 is 1.24 bits per heavy atom. The lowest BCUT2D eigenvalue weighted by atomic mass is 10.3. The summed E-state index contributed by atoms with van der Waals surface area (Å²) in [5, 5.41) is 0. The van der Waals surface area contributed by atoms with Crippen LogP contribution >= 0.6 is 0 Å². The van der Waals surface area contributed by atoms with Gasteiger partial charge in [-0.25, -0.2) is 0 Å². The quantitative estimate of drug-likeness (QED) is 0.456. The zero-order valence-corrected chi connectivity index (χ0v) is 9.88. The molecule has 0 aliphatic carbocycles. The van der Waals surface area contributed by atoms with Crippen LogP contribution in [0.1, 0.15) is 5.56 Å². The van der Waals surface area contributed by atoms with Gasteiger partial charge in [0.15, 0.2) is 0 Å². The smallest absolute Gasteiger partial charge is 0.245 e. The van der Waals surface area contributed by atoms with Gasteiger partial charge in [0.2, 0.25) is 6.33 Å². The Kier molecular flexibility index (Phi) is 2.18. The topological polar surface area (TPSA) is 21.7 Å². The fraction of sp³-hybridized carbons (Fsp3) is 0.143. The van der Waals surface area contributed by atoms with Crippen molar-refractivity contribution in [3.63, 3.8) is 0 Å². The summed E-state index contributed by atoms with van der Waals surface area (Å²) in [6, 6.07) is 12.3. The summed E-state index contributed by atoms with van der Waals surface area (Å²) >= 11 is 0. The highest BCUT2D eigenvalue weighted by molar-refractivity contribution is 5.73. The number of aromatic nitrogens is 3. The summed E-state index contributed by atoms with van der Waals surface area (Å²) in [5.74, 6) is 0.904. The maximum atomic E-state index is 4.39. The zero-order valence-electron chi connectivity index (χ0n) is 9.88. The maximum absolute atomic E-state index is 4.39. The lowest BCUT2D eigenvalue weighted by Gasteiger charge is -2.04. The van der Waals surface area contributed by atoms with E-state index in [4.69, 9.17) is 0 Å². The Morgan fingerprint density at radius 2 is 2.06 bits per heavy atom. The summed E-state index contributed by atoms with van der Waals surface area (Å²) in [5.41, 5.74) is 3.47. The van der Waals surface area contributed by atoms with E-state index in [1.54, 1.807) is 0 Å². The molecule has 1 aromatic carbocycles. The predicted molar refractivity (Wildman–Crippen MR) is 65.8 cm³/mol. The molecular weight excluding hydrogens is 210 g/mol. The lowest BCUT2D eigenvalue weighted by molar-refractivity contribution is -0.649. The van der Waals surface area contributed by atoms with Gasteiger partial charge in [0, 0.05) is 6.20 Å². The minimum absolute atomic E-state index is 0.904. The molecule has 0 atom stereocenters. The van der Waals surface area contributed by atoms with Gasteiger partial charge in [-0.05, 0) is 19.1 Å². The number of aryl methyl sites for hydroxylation is 2. The van der Waals surface area contributed by atoms with Gasteiger partial charge in [-0.15, -0.1) is 0 Å². The van der Waals surface area contributed by atoms with Crippen LogP contribution in [0.25, 0.3) is 16.9 Å². The summed E-state index contributed by atoms with van der Waals surface area (Å²) in [6.07, 6.45) is 5.09. The minimum atomic E-state index is 0.904. The van der Waals surface area contributed by atoms with Crippen molar-refractivity contribution in [1.82, 2.24) is 9.55 Å². The molecule has 0 unspecified atom stereocenters. The van der Waals surface area contributed by atoms with Crippen LogP contribution in [0, 0.1) is 13.3 Å². The molecule has 0 bridgehead atoms.